The largest absolute Gasteiger partial charge is 0.495 e. The first-order chi connectivity index (χ1) is 13.9. The molecule has 10 nitrogen and oxygen atoms in total. The molecule has 2 rings (SSSR count). The number of carbonyl (C=O) groups excluding carboxylic acids is 3. The molecule has 0 bridgehead atoms. The lowest BCUT2D eigenvalue weighted by atomic mass is 10.2. The second kappa shape index (κ2) is 11.2. The summed E-state index contributed by atoms with van der Waals surface area (Å²) in [5, 5.41) is 15.6. The Hall–Kier alpha value is -2.86. The molecular weight excluding hydrogens is 418 g/mol. The fourth-order valence-electron chi connectivity index (χ4n) is 2.04. The van der Waals surface area contributed by atoms with E-state index in [1.165, 1.54) is 7.11 Å². The van der Waals surface area contributed by atoms with Gasteiger partial charge in [-0.3, -0.25) is 14.9 Å². The summed E-state index contributed by atoms with van der Waals surface area (Å²) in [5.41, 5.74) is 1.51. The highest BCUT2D eigenvalue weighted by atomic mass is 32.2. The third-order valence-corrected chi connectivity index (χ3v) is 5.26. The van der Waals surface area contributed by atoms with E-state index in [1.54, 1.807) is 19.1 Å². The SMILES string of the molecule is CCOC(=O)Nc1nnc(SCC(=O)NCC(=O)Nc2cc(C)ccc2OC)s1. The Balaban J connectivity index is 1.74. The molecule has 1 aromatic heterocycles. The number of benzene rings is 1. The van der Waals surface area contributed by atoms with Crippen LogP contribution in [-0.2, 0) is 14.3 Å². The van der Waals surface area contributed by atoms with Gasteiger partial charge in [0, 0.05) is 0 Å². The van der Waals surface area contributed by atoms with Crippen LogP contribution in [0, 0.1) is 6.92 Å². The minimum Gasteiger partial charge on any atom is -0.495 e. The van der Waals surface area contributed by atoms with E-state index in [2.05, 4.69) is 26.1 Å². The smallest absolute Gasteiger partial charge is 0.413 e. The molecule has 156 valence electrons. The summed E-state index contributed by atoms with van der Waals surface area (Å²) >= 11 is 2.26. The molecule has 0 saturated heterocycles. The summed E-state index contributed by atoms with van der Waals surface area (Å²) in [6, 6.07) is 5.41. The van der Waals surface area contributed by atoms with Gasteiger partial charge in [0.05, 0.1) is 31.7 Å². The molecule has 3 N–H and O–H groups in total. The highest BCUT2D eigenvalue weighted by Gasteiger charge is 2.12. The Kier molecular flexibility index (Phi) is 8.68. The first-order valence-corrected chi connectivity index (χ1v) is 10.3. The van der Waals surface area contributed by atoms with E-state index in [9.17, 15) is 14.4 Å². The number of ether oxygens (including phenoxy) is 2. The Bertz CT molecular complexity index is 874. The highest BCUT2D eigenvalue weighted by Crippen LogP contribution is 2.26. The molecule has 0 radical (unpaired) electrons. The first kappa shape index (κ1) is 22.4. The monoisotopic (exact) mass is 439 g/mol. The molecule has 0 unspecified atom stereocenters. The van der Waals surface area contributed by atoms with Crippen LogP contribution in [0.3, 0.4) is 0 Å². The topological polar surface area (TPSA) is 132 Å². The van der Waals surface area contributed by atoms with Gasteiger partial charge in [0.2, 0.25) is 16.9 Å². The average Bonchev–Trinajstić information content (AvgIpc) is 3.12. The lowest BCUT2D eigenvalue weighted by Gasteiger charge is -2.11. The van der Waals surface area contributed by atoms with E-state index in [4.69, 9.17) is 9.47 Å². The number of nitrogens with zero attached hydrogens (tertiary/aromatic N) is 2. The second-order valence-corrected chi connectivity index (χ2v) is 7.74. The second-order valence-electron chi connectivity index (χ2n) is 5.54. The fourth-order valence-corrected chi connectivity index (χ4v) is 3.61. The summed E-state index contributed by atoms with van der Waals surface area (Å²) < 4.78 is 10.4. The fraction of sp³-hybridized carbons (Fsp3) is 0.353. The van der Waals surface area contributed by atoms with Gasteiger partial charge in [-0.2, -0.15) is 0 Å². The number of aryl methyl sites for hydroxylation is 1. The Morgan fingerprint density at radius 2 is 1.97 bits per heavy atom. The van der Waals surface area contributed by atoms with Crippen LogP contribution >= 0.6 is 23.1 Å². The Morgan fingerprint density at radius 1 is 1.17 bits per heavy atom. The Morgan fingerprint density at radius 3 is 2.69 bits per heavy atom. The number of rotatable bonds is 9. The van der Waals surface area contributed by atoms with Crippen molar-refractivity contribution in [1.29, 1.82) is 0 Å². The molecule has 0 spiro atoms. The number of amides is 3. The maximum Gasteiger partial charge on any atom is 0.413 e. The zero-order valence-electron chi connectivity index (χ0n) is 16.1. The van der Waals surface area contributed by atoms with Crippen molar-refractivity contribution in [1.82, 2.24) is 15.5 Å². The van der Waals surface area contributed by atoms with Gasteiger partial charge in [-0.25, -0.2) is 4.79 Å². The third kappa shape index (κ3) is 7.58. The molecular formula is C17H21N5O5S2. The van der Waals surface area contributed by atoms with Crippen LogP contribution in [0.4, 0.5) is 15.6 Å². The van der Waals surface area contributed by atoms with Gasteiger partial charge in [-0.1, -0.05) is 29.2 Å². The Labute approximate surface area is 175 Å². The van der Waals surface area contributed by atoms with Gasteiger partial charge in [-0.05, 0) is 31.5 Å². The number of aromatic nitrogens is 2. The standard InChI is InChI=1S/C17H21N5O5S2/c1-4-27-16(25)20-15-21-22-17(29-15)28-9-14(24)18-8-13(23)19-11-7-10(2)5-6-12(11)26-3/h5-7H,4,8-9H2,1-3H3,(H,18,24)(H,19,23)(H,20,21,25). The quantitative estimate of drug-likeness (QED) is 0.400. The van der Waals surface area contributed by atoms with Crippen LogP contribution in [0.5, 0.6) is 5.75 Å². The molecule has 0 aliphatic carbocycles. The summed E-state index contributed by atoms with van der Waals surface area (Å²) in [6.07, 6.45) is -0.616. The maximum absolute atomic E-state index is 12.1. The summed E-state index contributed by atoms with van der Waals surface area (Å²) in [4.78, 5) is 35.3. The van der Waals surface area contributed by atoms with E-state index >= 15 is 0 Å². The van der Waals surface area contributed by atoms with Crippen LogP contribution in [0.15, 0.2) is 22.5 Å². The molecule has 0 aliphatic heterocycles. The van der Waals surface area contributed by atoms with Crippen molar-refractivity contribution >= 4 is 51.8 Å². The summed E-state index contributed by atoms with van der Waals surface area (Å²) in [6.45, 7) is 3.66. The van der Waals surface area contributed by atoms with Crippen LogP contribution in [0.25, 0.3) is 0 Å². The van der Waals surface area contributed by atoms with Gasteiger partial charge < -0.3 is 20.1 Å². The van der Waals surface area contributed by atoms with E-state index in [-0.39, 0.29) is 35.9 Å². The zero-order valence-corrected chi connectivity index (χ0v) is 17.7. The molecule has 0 atom stereocenters. The van der Waals surface area contributed by atoms with Crippen LogP contribution < -0.4 is 20.7 Å². The van der Waals surface area contributed by atoms with Crippen LogP contribution in [0.1, 0.15) is 12.5 Å². The van der Waals surface area contributed by atoms with Crippen molar-refractivity contribution in [2.45, 2.75) is 18.2 Å². The van der Waals surface area contributed by atoms with E-state index in [0.717, 1.165) is 28.7 Å². The van der Waals surface area contributed by atoms with E-state index < -0.39 is 6.09 Å². The van der Waals surface area contributed by atoms with Crippen molar-refractivity contribution in [3.05, 3.63) is 23.8 Å². The molecule has 29 heavy (non-hydrogen) atoms. The maximum atomic E-state index is 12.1. The van der Waals surface area contributed by atoms with Crippen molar-refractivity contribution in [2.75, 3.05) is 36.6 Å². The predicted molar refractivity (Wildman–Crippen MR) is 111 cm³/mol. The van der Waals surface area contributed by atoms with Crippen LogP contribution in [-0.4, -0.2) is 54.1 Å². The van der Waals surface area contributed by atoms with Gasteiger partial charge in [0.25, 0.3) is 0 Å². The van der Waals surface area contributed by atoms with Gasteiger partial charge in [-0.15, -0.1) is 10.2 Å². The van der Waals surface area contributed by atoms with Crippen molar-refractivity contribution in [2.24, 2.45) is 0 Å². The van der Waals surface area contributed by atoms with Crippen molar-refractivity contribution in [3.8, 4) is 5.75 Å². The molecule has 1 heterocycles. The number of anilines is 2. The minimum absolute atomic E-state index is 0.0507. The van der Waals surface area contributed by atoms with Crippen molar-refractivity contribution < 1.29 is 23.9 Å². The molecule has 12 heteroatoms. The molecule has 3 amide bonds. The lowest BCUT2D eigenvalue weighted by Crippen LogP contribution is -2.34. The average molecular weight is 440 g/mol. The molecule has 0 fully saturated rings. The zero-order chi connectivity index (χ0) is 21.2. The van der Waals surface area contributed by atoms with Gasteiger partial charge in [0.15, 0.2) is 4.34 Å². The lowest BCUT2D eigenvalue weighted by molar-refractivity contribution is -0.122. The highest BCUT2D eigenvalue weighted by molar-refractivity contribution is 8.01. The number of nitrogens with one attached hydrogen (secondary N) is 3. The number of hydrogen-bond acceptors (Lipinski definition) is 9. The molecule has 0 saturated carbocycles. The van der Waals surface area contributed by atoms with E-state index in [1.807, 2.05) is 13.0 Å². The van der Waals surface area contributed by atoms with E-state index in [0.29, 0.717) is 15.8 Å². The van der Waals surface area contributed by atoms with Gasteiger partial charge >= 0.3 is 6.09 Å². The van der Waals surface area contributed by atoms with Crippen molar-refractivity contribution in [3.63, 3.8) is 0 Å². The normalized spacial score (nSPS) is 10.2. The number of methoxy groups -OCH3 is 1. The molecule has 0 aliphatic rings. The number of carbonyl (C=O) groups is 3. The first-order valence-electron chi connectivity index (χ1n) is 8.52. The minimum atomic E-state index is -0.616. The number of hydrogen-bond donors (Lipinski definition) is 3. The molecule has 1 aromatic carbocycles. The summed E-state index contributed by atoms with van der Waals surface area (Å²) in [7, 11) is 1.51. The van der Waals surface area contributed by atoms with Crippen LogP contribution in [0.2, 0.25) is 0 Å². The predicted octanol–water partition coefficient (Wildman–Crippen LogP) is 2.27. The third-order valence-electron chi connectivity index (χ3n) is 3.29. The molecule has 2 aromatic rings. The summed E-state index contributed by atoms with van der Waals surface area (Å²) in [5.74, 6) is -0.121. The van der Waals surface area contributed by atoms with Gasteiger partial charge in [0.1, 0.15) is 5.75 Å². The number of thioether (sulfide) groups is 1.